The molecule has 0 amide bonds. The van der Waals surface area contributed by atoms with Gasteiger partial charge >= 0.3 is 52.1 Å². The second-order valence-electron chi connectivity index (χ2n) is 12.9. The Kier molecular flexibility index (Phi) is 31.0. The Hall–Kier alpha value is -8.44. The Morgan fingerprint density at radius 1 is 0.225 bits per heavy atom. The van der Waals surface area contributed by atoms with Gasteiger partial charge in [-0.05, 0) is 98.1 Å². The molecular formula is C56H42Cr3N12. The molecular weight excluding hydrogens is 997 g/mol. The van der Waals surface area contributed by atoms with E-state index in [-0.39, 0.29) is 52.1 Å². The van der Waals surface area contributed by atoms with Crippen LogP contribution in [0.5, 0.6) is 0 Å². The normalized spacial score (nSPS) is 8.76. The number of nitrogens with zero attached hydrogens (tertiary/aromatic N) is 12. The monoisotopic (exact) mass is 1040 g/mol. The summed E-state index contributed by atoms with van der Waals surface area (Å²) in [5.74, 6) is 10.0. The smallest absolute Gasteiger partial charge is 0.369 e. The summed E-state index contributed by atoms with van der Waals surface area (Å²) in [5.41, 5.74) is 1.65. The third-order valence-electron chi connectivity index (χ3n) is 7.95. The van der Waals surface area contributed by atoms with Crippen molar-refractivity contribution >= 4 is 46.5 Å². The second-order valence-corrected chi connectivity index (χ2v) is 12.9. The molecule has 0 atom stereocenters. The van der Waals surface area contributed by atoms with Gasteiger partial charge in [-0.15, -0.1) is 35.4 Å². The number of benzene rings is 2. The fraction of sp³-hybridized carbons (Fsp3) is 0. The summed E-state index contributed by atoms with van der Waals surface area (Å²) in [5, 5.41) is 16.9. The standard InChI is InChI=1S/4C10H8N3.2C8H5.3Cr/c4*1-3-7-11-9(5-1)13-10-6-2-4-8-12-10;2*1-2-8-6-4-3-5-7-8;;;/h4*1-8H;2*3-7H;;;/q6*-1;3*+2. The van der Waals surface area contributed by atoms with Crippen LogP contribution in [0.2, 0.25) is 0 Å². The fourth-order valence-corrected chi connectivity index (χ4v) is 4.87. The zero-order valence-corrected chi connectivity index (χ0v) is 41.7. The largest absolute Gasteiger partial charge is 2.00 e. The maximum absolute atomic E-state index is 6.69. The minimum absolute atomic E-state index is 0. The van der Waals surface area contributed by atoms with Crippen molar-refractivity contribution in [3.05, 3.63) is 301 Å². The third kappa shape index (κ3) is 26.0. The van der Waals surface area contributed by atoms with Crippen molar-refractivity contribution in [2.45, 2.75) is 0 Å². The first-order valence-electron chi connectivity index (χ1n) is 20.8. The van der Waals surface area contributed by atoms with Crippen molar-refractivity contribution in [3.63, 3.8) is 0 Å². The molecule has 10 rings (SSSR count). The summed E-state index contributed by atoms with van der Waals surface area (Å²) < 4.78 is 0. The zero-order valence-electron chi connectivity index (χ0n) is 37.8. The topological polar surface area (TPSA) is 160 Å². The van der Waals surface area contributed by atoms with E-state index >= 15 is 0 Å². The summed E-state index contributed by atoms with van der Waals surface area (Å²) in [6.45, 7) is 0. The van der Waals surface area contributed by atoms with Gasteiger partial charge in [0, 0.05) is 46.5 Å². The summed E-state index contributed by atoms with van der Waals surface area (Å²) in [6.07, 6.45) is 27.1. The molecule has 12 nitrogen and oxygen atoms in total. The first-order chi connectivity index (χ1) is 33.7. The van der Waals surface area contributed by atoms with E-state index in [4.69, 9.17) is 12.8 Å². The van der Waals surface area contributed by atoms with Gasteiger partial charge in [-0.3, -0.25) is 11.8 Å². The minimum Gasteiger partial charge on any atom is -0.369 e. The molecule has 2 aromatic carbocycles. The molecule has 15 heteroatoms. The van der Waals surface area contributed by atoms with Crippen molar-refractivity contribution in [1.29, 1.82) is 0 Å². The maximum atomic E-state index is 6.69. The van der Waals surface area contributed by atoms with Crippen LogP contribution in [0.15, 0.2) is 256 Å². The summed E-state index contributed by atoms with van der Waals surface area (Å²) in [4.78, 5) is 32.5. The number of rotatable bonds is 8. The predicted molar refractivity (Wildman–Crippen MR) is 270 cm³/mol. The van der Waals surface area contributed by atoms with Gasteiger partial charge in [-0.25, -0.2) is 0 Å². The molecule has 8 heterocycles. The van der Waals surface area contributed by atoms with Crippen molar-refractivity contribution in [2.24, 2.45) is 0 Å². The molecule has 0 aliphatic rings. The number of hydrogen-bond donors (Lipinski definition) is 0. The fourth-order valence-electron chi connectivity index (χ4n) is 4.87. The first kappa shape index (κ1) is 58.7. The molecule has 344 valence electrons. The number of hydrogen-bond acceptors (Lipinski definition) is 8. The van der Waals surface area contributed by atoms with Crippen molar-refractivity contribution in [2.75, 3.05) is 0 Å². The van der Waals surface area contributed by atoms with Crippen LogP contribution in [0.1, 0.15) is 11.1 Å². The minimum atomic E-state index is 0. The van der Waals surface area contributed by atoms with E-state index in [1.54, 1.807) is 49.6 Å². The quantitative estimate of drug-likeness (QED) is 0.107. The van der Waals surface area contributed by atoms with E-state index in [2.05, 4.69) is 73.0 Å². The maximum Gasteiger partial charge on any atom is 2.00 e. The van der Waals surface area contributed by atoms with Gasteiger partial charge in [0.2, 0.25) is 0 Å². The molecule has 0 saturated carbocycles. The Bertz CT molecular complexity index is 2370. The molecule has 0 saturated heterocycles. The van der Waals surface area contributed by atoms with Crippen LogP contribution < -0.4 is 0 Å². The van der Waals surface area contributed by atoms with Crippen LogP contribution in [0.4, 0.5) is 46.5 Å². The van der Waals surface area contributed by atoms with E-state index in [0.717, 1.165) is 11.1 Å². The Labute approximate surface area is 448 Å². The first-order valence-corrected chi connectivity index (χ1v) is 20.8. The average Bonchev–Trinajstić information content (AvgIpc) is 3.42. The van der Waals surface area contributed by atoms with E-state index < -0.39 is 0 Å². The van der Waals surface area contributed by atoms with Crippen LogP contribution >= 0.6 is 0 Å². The second kappa shape index (κ2) is 37.5. The van der Waals surface area contributed by atoms with Gasteiger partial charge in [0.05, 0.1) is 0 Å². The summed E-state index contributed by atoms with van der Waals surface area (Å²) in [7, 11) is 0. The molecule has 0 aliphatic carbocycles. The van der Waals surface area contributed by atoms with Gasteiger partial charge in [0.15, 0.2) is 0 Å². The predicted octanol–water partition coefficient (Wildman–Crippen LogP) is 14.5. The molecule has 0 fully saturated rings. The summed E-state index contributed by atoms with van der Waals surface area (Å²) >= 11 is 0. The zero-order chi connectivity index (χ0) is 47.4. The van der Waals surface area contributed by atoms with Gasteiger partial charge in [0.1, 0.15) is 0 Å². The number of aromatic nitrogens is 8. The SMILES string of the molecule is [C-]#Cc1ccccc1.[C-]#Cc1ccccc1.[Cr+2].[Cr+2].[Cr+2].c1ccc([N-]c2ccccn2)nc1.c1ccc([N-]c2ccccn2)nc1.c1ccc([N-]c2ccccn2)nc1.c1ccc([N-]c2ccccn2)nc1. The molecule has 10 aromatic rings. The van der Waals surface area contributed by atoms with Gasteiger partial charge in [0.25, 0.3) is 0 Å². The molecule has 0 radical (unpaired) electrons. The van der Waals surface area contributed by atoms with Crippen LogP contribution in [0.3, 0.4) is 0 Å². The van der Waals surface area contributed by atoms with E-state index in [1.165, 1.54) is 0 Å². The number of pyridine rings is 8. The Morgan fingerprint density at radius 2 is 0.380 bits per heavy atom. The van der Waals surface area contributed by atoms with Crippen molar-refractivity contribution in [1.82, 2.24) is 39.9 Å². The molecule has 71 heavy (non-hydrogen) atoms. The molecule has 0 N–H and O–H groups in total. The van der Waals surface area contributed by atoms with Crippen molar-refractivity contribution in [3.8, 4) is 11.8 Å². The van der Waals surface area contributed by atoms with E-state index in [9.17, 15) is 0 Å². The van der Waals surface area contributed by atoms with E-state index in [0.29, 0.717) is 46.5 Å². The van der Waals surface area contributed by atoms with Crippen LogP contribution in [-0.2, 0) is 52.1 Å². The van der Waals surface area contributed by atoms with Gasteiger partial charge < -0.3 is 74.0 Å². The third-order valence-corrected chi connectivity index (χ3v) is 7.95. The molecule has 8 aromatic heterocycles. The molecule has 0 unspecified atom stereocenters. The molecule has 0 bridgehead atoms. The van der Waals surface area contributed by atoms with Gasteiger partial charge in [-0.2, -0.15) is 0 Å². The van der Waals surface area contributed by atoms with E-state index in [1.807, 2.05) is 206 Å². The van der Waals surface area contributed by atoms with Gasteiger partial charge in [-0.1, -0.05) is 133 Å². The average molecular weight is 1040 g/mol. The van der Waals surface area contributed by atoms with Crippen LogP contribution in [0.25, 0.3) is 21.3 Å². The summed E-state index contributed by atoms with van der Waals surface area (Å²) in [6, 6.07) is 63.5. The molecule has 0 spiro atoms. The Balaban J connectivity index is 0.000000293. The van der Waals surface area contributed by atoms with Crippen LogP contribution in [-0.4, -0.2) is 39.9 Å². The molecule has 0 aliphatic heterocycles. The Morgan fingerprint density at radius 3 is 0.493 bits per heavy atom. The van der Waals surface area contributed by atoms with Crippen LogP contribution in [0, 0.1) is 24.7 Å². The van der Waals surface area contributed by atoms with Crippen molar-refractivity contribution < 1.29 is 52.1 Å².